The number of carbonyl (C=O) groups is 2. The first-order chi connectivity index (χ1) is 11.5. The Hall–Kier alpha value is -2.54. The molecule has 0 saturated carbocycles. The van der Waals surface area contributed by atoms with Gasteiger partial charge < -0.3 is 5.11 Å². The van der Waals surface area contributed by atoms with Crippen molar-refractivity contribution in [2.24, 2.45) is 0 Å². The number of aliphatic hydroxyl groups is 1. The van der Waals surface area contributed by atoms with E-state index in [2.05, 4.69) is 0 Å². The summed E-state index contributed by atoms with van der Waals surface area (Å²) >= 11 is 1.26. The smallest absolute Gasteiger partial charge is 0.294 e. The number of halogens is 2. The van der Waals surface area contributed by atoms with E-state index in [1.807, 2.05) is 0 Å². The first kappa shape index (κ1) is 16.3. The molecule has 4 nitrogen and oxygen atoms in total. The lowest BCUT2D eigenvalue weighted by Gasteiger charge is -2.26. The Morgan fingerprint density at radius 3 is 2.71 bits per heavy atom. The van der Waals surface area contributed by atoms with Gasteiger partial charge in [-0.1, -0.05) is 13.0 Å². The van der Waals surface area contributed by atoms with Crippen molar-refractivity contribution in [3.63, 3.8) is 0 Å². The van der Waals surface area contributed by atoms with E-state index in [9.17, 15) is 23.5 Å². The second kappa shape index (κ2) is 6.16. The summed E-state index contributed by atoms with van der Waals surface area (Å²) in [6, 6.07) is 5.13. The fourth-order valence-electron chi connectivity index (χ4n) is 2.72. The Morgan fingerprint density at radius 1 is 1.33 bits per heavy atom. The van der Waals surface area contributed by atoms with Gasteiger partial charge in [-0.25, -0.2) is 8.78 Å². The lowest BCUT2D eigenvalue weighted by molar-refractivity contribution is -0.118. The van der Waals surface area contributed by atoms with Crippen molar-refractivity contribution in [2.45, 2.75) is 19.4 Å². The van der Waals surface area contributed by atoms with Gasteiger partial charge in [-0.3, -0.25) is 14.5 Å². The number of hydrogen-bond acceptors (Lipinski definition) is 4. The zero-order valence-corrected chi connectivity index (χ0v) is 13.4. The molecule has 1 aliphatic rings. The number of amides is 1. The number of nitrogens with zero attached hydrogens (tertiary/aromatic N) is 1. The minimum atomic E-state index is -0.971. The number of ketones is 1. The molecule has 1 aromatic carbocycles. The maximum atomic E-state index is 14.2. The maximum absolute atomic E-state index is 14.2. The zero-order chi connectivity index (χ0) is 17.4. The van der Waals surface area contributed by atoms with Crippen LogP contribution in [0.4, 0.5) is 14.5 Å². The van der Waals surface area contributed by atoms with E-state index in [-0.39, 0.29) is 17.7 Å². The van der Waals surface area contributed by atoms with Crippen molar-refractivity contribution in [3.05, 3.63) is 63.6 Å². The van der Waals surface area contributed by atoms with E-state index in [0.717, 1.165) is 23.1 Å². The van der Waals surface area contributed by atoms with Crippen molar-refractivity contribution in [1.29, 1.82) is 0 Å². The zero-order valence-electron chi connectivity index (χ0n) is 12.6. The monoisotopic (exact) mass is 349 g/mol. The molecule has 124 valence electrons. The maximum Gasteiger partial charge on any atom is 0.294 e. The molecule has 2 aromatic rings. The Kier molecular flexibility index (Phi) is 4.19. The summed E-state index contributed by atoms with van der Waals surface area (Å²) in [4.78, 5) is 26.2. The van der Waals surface area contributed by atoms with Crippen LogP contribution in [-0.4, -0.2) is 16.8 Å². The number of hydrogen-bond donors (Lipinski definition) is 1. The van der Waals surface area contributed by atoms with Gasteiger partial charge in [0.05, 0.1) is 11.3 Å². The molecule has 1 amide bonds. The van der Waals surface area contributed by atoms with E-state index >= 15 is 0 Å². The van der Waals surface area contributed by atoms with Crippen LogP contribution in [0, 0.1) is 11.6 Å². The van der Waals surface area contributed by atoms with Gasteiger partial charge in [-0.15, -0.1) is 11.3 Å². The van der Waals surface area contributed by atoms with Crippen molar-refractivity contribution < 1.29 is 23.5 Å². The molecular formula is C17H13F2NO3S. The van der Waals surface area contributed by atoms with Gasteiger partial charge in [0, 0.05) is 17.4 Å². The van der Waals surface area contributed by atoms with E-state index in [1.165, 1.54) is 11.3 Å². The predicted molar refractivity (Wildman–Crippen MR) is 85.9 cm³/mol. The largest absolute Gasteiger partial charge is 0.503 e. The molecular weight excluding hydrogens is 336 g/mol. The van der Waals surface area contributed by atoms with Crippen LogP contribution < -0.4 is 4.90 Å². The number of carbonyl (C=O) groups excluding carboxylic acids is 2. The van der Waals surface area contributed by atoms with E-state index < -0.39 is 35.1 Å². The highest BCUT2D eigenvalue weighted by Gasteiger charge is 2.45. The topological polar surface area (TPSA) is 57.6 Å². The SMILES string of the molecule is CCC(=O)C1=C(O)C(=O)N(c2cc(F)ccc2F)C1c1cccs1. The lowest BCUT2D eigenvalue weighted by Crippen LogP contribution is -2.31. The second-order valence-corrected chi connectivity index (χ2v) is 6.21. The minimum Gasteiger partial charge on any atom is -0.503 e. The Balaban J connectivity index is 2.21. The normalized spacial score (nSPS) is 17.7. The van der Waals surface area contributed by atoms with Gasteiger partial charge in [0.1, 0.15) is 17.7 Å². The molecule has 24 heavy (non-hydrogen) atoms. The number of rotatable bonds is 4. The molecule has 3 rings (SSSR count). The van der Waals surface area contributed by atoms with Crippen molar-refractivity contribution in [1.82, 2.24) is 0 Å². The Bertz CT molecular complexity index is 846. The van der Waals surface area contributed by atoms with Crippen LogP contribution in [0.2, 0.25) is 0 Å². The summed E-state index contributed by atoms with van der Waals surface area (Å²) in [7, 11) is 0. The molecule has 1 N–H and O–H groups in total. The van der Waals surface area contributed by atoms with Gasteiger partial charge in [-0.2, -0.15) is 0 Å². The number of benzene rings is 1. The molecule has 0 aliphatic carbocycles. The first-order valence-electron chi connectivity index (χ1n) is 7.24. The molecule has 7 heteroatoms. The fraction of sp³-hybridized carbons (Fsp3) is 0.176. The Labute approximate surface area is 140 Å². The second-order valence-electron chi connectivity index (χ2n) is 5.23. The first-order valence-corrected chi connectivity index (χ1v) is 8.12. The van der Waals surface area contributed by atoms with Crippen LogP contribution in [-0.2, 0) is 9.59 Å². The van der Waals surface area contributed by atoms with E-state index in [1.54, 1.807) is 24.4 Å². The quantitative estimate of drug-likeness (QED) is 0.911. The van der Waals surface area contributed by atoms with Crippen LogP contribution in [0.25, 0.3) is 0 Å². The molecule has 1 unspecified atom stereocenters. The van der Waals surface area contributed by atoms with Gasteiger partial charge in [0.25, 0.3) is 5.91 Å². The number of anilines is 1. The fourth-order valence-corrected chi connectivity index (χ4v) is 3.54. The van der Waals surface area contributed by atoms with E-state index in [4.69, 9.17) is 0 Å². The molecule has 1 atom stereocenters. The molecule has 0 bridgehead atoms. The number of thiophene rings is 1. The van der Waals surface area contributed by atoms with Crippen LogP contribution in [0.1, 0.15) is 24.3 Å². The van der Waals surface area contributed by atoms with Crippen LogP contribution in [0.3, 0.4) is 0 Å². The minimum absolute atomic E-state index is 0.0774. The average Bonchev–Trinajstić information content (AvgIpc) is 3.17. The third-order valence-corrected chi connectivity index (χ3v) is 4.73. The summed E-state index contributed by atoms with van der Waals surface area (Å²) < 4.78 is 27.8. The third-order valence-electron chi connectivity index (χ3n) is 3.81. The summed E-state index contributed by atoms with van der Waals surface area (Å²) in [5.74, 6) is -3.60. The molecule has 1 aromatic heterocycles. The highest BCUT2D eigenvalue weighted by molar-refractivity contribution is 7.10. The van der Waals surface area contributed by atoms with Gasteiger partial charge >= 0.3 is 0 Å². The van der Waals surface area contributed by atoms with Crippen LogP contribution in [0.5, 0.6) is 0 Å². The molecule has 0 spiro atoms. The van der Waals surface area contributed by atoms with Gasteiger partial charge in [-0.05, 0) is 23.6 Å². The summed E-state index contributed by atoms with van der Waals surface area (Å²) in [5, 5.41) is 11.9. The summed E-state index contributed by atoms with van der Waals surface area (Å²) in [6.45, 7) is 1.60. The molecule has 0 fully saturated rings. The highest BCUT2D eigenvalue weighted by atomic mass is 32.1. The number of Topliss-reactive ketones (excluding diaryl/α,β-unsaturated/α-hetero) is 1. The van der Waals surface area contributed by atoms with Crippen molar-refractivity contribution in [2.75, 3.05) is 4.90 Å². The van der Waals surface area contributed by atoms with Crippen LogP contribution in [0.15, 0.2) is 47.0 Å². The molecule has 2 heterocycles. The predicted octanol–water partition coefficient (Wildman–Crippen LogP) is 3.91. The molecule has 0 radical (unpaired) electrons. The van der Waals surface area contributed by atoms with Crippen molar-refractivity contribution in [3.8, 4) is 0 Å². The number of aliphatic hydroxyl groups excluding tert-OH is 1. The average molecular weight is 349 g/mol. The lowest BCUT2D eigenvalue weighted by atomic mass is 10.00. The van der Waals surface area contributed by atoms with Gasteiger partial charge in [0.15, 0.2) is 11.5 Å². The Morgan fingerprint density at radius 2 is 2.08 bits per heavy atom. The molecule has 0 saturated heterocycles. The highest BCUT2D eigenvalue weighted by Crippen LogP contribution is 2.43. The van der Waals surface area contributed by atoms with Gasteiger partial charge in [0.2, 0.25) is 0 Å². The third kappa shape index (κ3) is 2.50. The van der Waals surface area contributed by atoms with Crippen molar-refractivity contribution >= 4 is 28.7 Å². The van der Waals surface area contributed by atoms with E-state index in [0.29, 0.717) is 4.88 Å². The standard InChI is InChI=1S/C17H13F2NO3S/c1-2-12(21)14-15(13-4-3-7-24-13)20(17(23)16(14)22)11-8-9(18)5-6-10(11)19/h3-8,15,22H,2H2,1H3. The summed E-state index contributed by atoms with van der Waals surface area (Å²) in [5.41, 5.74) is -0.405. The summed E-state index contributed by atoms with van der Waals surface area (Å²) in [6.07, 6.45) is 0.0774. The van der Waals surface area contributed by atoms with Crippen LogP contribution >= 0.6 is 11.3 Å². The molecule has 1 aliphatic heterocycles.